The van der Waals surface area contributed by atoms with E-state index in [1.54, 1.807) is 0 Å². The van der Waals surface area contributed by atoms with Crippen LogP contribution in [-0.4, -0.2) is 89.2 Å². The van der Waals surface area contributed by atoms with Gasteiger partial charge in [0.2, 0.25) is 0 Å². The lowest BCUT2D eigenvalue weighted by Crippen LogP contribution is -2.61. The van der Waals surface area contributed by atoms with Crippen LogP contribution < -0.4 is 0 Å². The number of hydrogen-bond acceptors (Lipinski definition) is 11. The van der Waals surface area contributed by atoms with E-state index in [0.717, 1.165) is 109 Å². The molecule has 0 aromatic rings. The lowest BCUT2D eigenvalue weighted by molar-refractivity contribution is -0.301. The number of carboxylic acids is 1. The number of carbonyl (C=O) groups excluding carboxylic acids is 3. The number of hydrogen-bond donors (Lipinski definition) is 3. The number of ether oxygens (including phenoxy) is 5. The van der Waals surface area contributed by atoms with Crippen molar-refractivity contribution in [1.29, 1.82) is 0 Å². The third-order valence-electron chi connectivity index (χ3n) is 14.0. The summed E-state index contributed by atoms with van der Waals surface area (Å²) in [7, 11) is 0. The Morgan fingerprint density at radius 2 is 0.783 bits per heavy atom. The molecule has 1 rings (SSSR count). The Morgan fingerprint density at radius 3 is 1.20 bits per heavy atom. The summed E-state index contributed by atoms with van der Waals surface area (Å²) in [5.41, 5.74) is 0. The van der Waals surface area contributed by atoms with Crippen LogP contribution in [0.4, 0.5) is 0 Å². The monoisotopic (exact) mass is 1160 g/mol. The molecule has 0 saturated carbocycles. The molecular weight excluding hydrogens is 1040 g/mol. The van der Waals surface area contributed by atoms with Crippen molar-refractivity contribution in [2.24, 2.45) is 0 Å². The zero-order chi connectivity index (χ0) is 60.3. The van der Waals surface area contributed by atoms with Crippen LogP contribution >= 0.6 is 0 Å². The van der Waals surface area contributed by atoms with E-state index in [9.17, 15) is 34.5 Å². The second kappa shape index (κ2) is 57.5. The molecule has 0 aliphatic carbocycles. The Morgan fingerprint density at radius 1 is 0.410 bits per heavy atom. The zero-order valence-corrected chi connectivity index (χ0v) is 51.9. The number of aliphatic hydroxyl groups excluding tert-OH is 2. The predicted octanol–water partition coefficient (Wildman–Crippen LogP) is 17.6. The van der Waals surface area contributed by atoms with Gasteiger partial charge >= 0.3 is 23.9 Å². The van der Waals surface area contributed by atoms with Gasteiger partial charge in [0.25, 0.3) is 0 Å². The number of esters is 3. The summed E-state index contributed by atoms with van der Waals surface area (Å²) in [6, 6.07) is 0. The highest BCUT2D eigenvalue weighted by Gasteiger charge is 2.50. The molecule has 1 heterocycles. The molecule has 1 aliphatic heterocycles. The Labute approximate surface area is 503 Å². The first-order valence-corrected chi connectivity index (χ1v) is 32.5. The summed E-state index contributed by atoms with van der Waals surface area (Å²) in [6.45, 7) is 5.79. The van der Waals surface area contributed by atoms with Crippen molar-refractivity contribution in [3.63, 3.8) is 0 Å². The average Bonchev–Trinajstić information content (AvgIpc) is 3.60. The molecule has 0 aromatic carbocycles. The van der Waals surface area contributed by atoms with Crippen molar-refractivity contribution >= 4 is 23.9 Å². The van der Waals surface area contributed by atoms with Crippen LogP contribution in [0.3, 0.4) is 0 Å². The largest absolute Gasteiger partial charge is 0.479 e. The third-order valence-corrected chi connectivity index (χ3v) is 14.0. The maximum absolute atomic E-state index is 13.2. The Bertz CT molecular complexity index is 1900. The fourth-order valence-electron chi connectivity index (χ4n) is 9.04. The lowest BCUT2D eigenvalue weighted by atomic mass is 9.98. The van der Waals surface area contributed by atoms with Gasteiger partial charge in [0.05, 0.1) is 6.61 Å². The molecule has 470 valence electrons. The van der Waals surface area contributed by atoms with E-state index in [2.05, 4.69) is 124 Å². The van der Waals surface area contributed by atoms with Crippen LogP contribution in [0.15, 0.2) is 122 Å². The highest BCUT2D eigenvalue weighted by molar-refractivity contribution is 5.74. The molecule has 0 bridgehead atoms. The topological polar surface area (TPSA) is 175 Å². The molecule has 1 aliphatic rings. The standard InChI is InChI=1S/C71H114O12/c1-4-7-10-13-16-19-22-25-28-30-32-34-37-39-42-45-48-51-54-57-63(72)79-60-62(81-64(73)58-55-52-49-46-43-40-36-27-24-21-18-15-12-9-6-3)61-80-71-69(67(76)66(75)68(83-71)70(77)78)82-65(74)59-56-53-50-47-44-41-38-35-33-31-29-26-23-20-17-14-11-8-5-2/h8,11,16-21,25-29,33,35-36,41,44,50,53,62,66-69,71,75-76H,4-7,9-10,12-15,22-24,30-32,34,37-40,42-43,45-49,51-52,54-61H2,1-3H3,(H,77,78)/b11-8-,19-16-,20-17-,21-18-,28-25-,29-26-,35-33-,36-27-,44-41-,53-50-. The fourth-order valence-corrected chi connectivity index (χ4v) is 9.04. The molecule has 12 heteroatoms. The highest BCUT2D eigenvalue weighted by atomic mass is 16.7. The van der Waals surface area contributed by atoms with E-state index >= 15 is 0 Å². The van der Waals surface area contributed by atoms with Crippen LogP contribution in [0.25, 0.3) is 0 Å². The number of unbranched alkanes of at least 4 members (excludes halogenated alkanes) is 20. The molecule has 6 unspecified atom stereocenters. The average molecular weight is 1160 g/mol. The smallest absolute Gasteiger partial charge is 0.335 e. The van der Waals surface area contributed by atoms with E-state index in [4.69, 9.17) is 23.7 Å². The summed E-state index contributed by atoms with van der Waals surface area (Å²) in [5, 5.41) is 31.6. The van der Waals surface area contributed by atoms with Crippen molar-refractivity contribution in [3.8, 4) is 0 Å². The van der Waals surface area contributed by atoms with E-state index in [-0.39, 0.29) is 25.9 Å². The molecular formula is C71H114O12. The molecule has 1 fully saturated rings. The van der Waals surface area contributed by atoms with Crippen LogP contribution in [0.5, 0.6) is 0 Å². The highest BCUT2D eigenvalue weighted by Crippen LogP contribution is 2.26. The van der Waals surface area contributed by atoms with Gasteiger partial charge in [-0.3, -0.25) is 14.4 Å². The summed E-state index contributed by atoms with van der Waals surface area (Å²) in [6.07, 6.45) is 67.3. The quantitative estimate of drug-likeness (QED) is 0.0228. The van der Waals surface area contributed by atoms with Gasteiger partial charge in [0, 0.05) is 19.3 Å². The number of allylic oxidation sites excluding steroid dienone is 20. The van der Waals surface area contributed by atoms with Crippen molar-refractivity contribution in [1.82, 2.24) is 0 Å². The Kier molecular flexibility index (Phi) is 52.8. The second-order valence-electron chi connectivity index (χ2n) is 21.7. The number of aliphatic carboxylic acids is 1. The molecule has 0 amide bonds. The van der Waals surface area contributed by atoms with Crippen LogP contribution in [-0.2, 0) is 42.9 Å². The number of rotatable bonds is 54. The van der Waals surface area contributed by atoms with Crippen molar-refractivity contribution < 1.29 is 58.2 Å². The minimum atomic E-state index is -1.94. The van der Waals surface area contributed by atoms with Crippen LogP contribution in [0, 0.1) is 0 Å². The minimum absolute atomic E-state index is 0.0723. The molecule has 83 heavy (non-hydrogen) atoms. The minimum Gasteiger partial charge on any atom is -0.479 e. The van der Waals surface area contributed by atoms with E-state index < -0.39 is 67.3 Å². The van der Waals surface area contributed by atoms with E-state index in [1.165, 1.54) is 77.0 Å². The molecule has 0 spiro atoms. The first-order chi connectivity index (χ1) is 40.6. The molecule has 0 radical (unpaired) electrons. The molecule has 1 saturated heterocycles. The van der Waals surface area contributed by atoms with Crippen molar-refractivity contribution in [2.75, 3.05) is 13.2 Å². The first-order valence-electron chi connectivity index (χ1n) is 32.5. The lowest BCUT2D eigenvalue weighted by Gasteiger charge is -2.40. The van der Waals surface area contributed by atoms with Crippen LogP contribution in [0.2, 0.25) is 0 Å². The summed E-state index contributed by atoms with van der Waals surface area (Å²) >= 11 is 0. The van der Waals surface area contributed by atoms with E-state index in [1.807, 2.05) is 18.2 Å². The predicted molar refractivity (Wildman–Crippen MR) is 340 cm³/mol. The van der Waals surface area contributed by atoms with Gasteiger partial charge in [0.1, 0.15) is 18.8 Å². The SMILES string of the molecule is CC/C=C\C/C=C\C/C=C\C/C=C\C/C=C\C/C=C\CCC(=O)OC1C(OCC(COC(=O)CCCCCCCCCCC/C=C\C/C=C\CCCCC)OC(=O)CCCCCCC/C=C\C/C=C\CCCCC)OC(C(=O)O)C(O)C1O. The van der Waals surface area contributed by atoms with Crippen molar-refractivity contribution in [3.05, 3.63) is 122 Å². The number of carboxylic acid groups (broad SMARTS) is 1. The first kappa shape index (κ1) is 76.1. The van der Waals surface area contributed by atoms with Crippen LogP contribution in [0.1, 0.15) is 252 Å². The molecule has 6 atom stereocenters. The third kappa shape index (κ3) is 47.1. The molecule has 3 N–H and O–H groups in total. The second-order valence-corrected chi connectivity index (χ2v) is 21.7. The van der Waals surface area contributed by atoms with Gasteiger partial charge in [-0.2, -0.15) is 0 Å². The van der Waals surface area contributed by atoms with Crippen molar-refractivity contribution in [2.45, 2.75) is 289 Å². The van der Waals surface area contributed by atoms with Gasteiger partial charge in [-0.25, -0.2) is 4.79 Å². The van der Waals surface area contributed by atoms with E-state index in [0.29, 0.717) is 25.7 Å². The Hall–Kier alpha value is -4.88. The van der Waals surface area contributed by atoms with Gasteiger partial charge in [-0.05, 0) is 122 Å². The normalized spacial score (nSPS) is 18.4. The number of aliphatic hydroxyl groups is 2. The maximum Gasteiger partial charge on any atom is 0.335 e. The Balaban J connectivity index is 2.71. The van der Waals surface area contributed by atoms with Gasteiger partial charge in [0.15, 0.2) is 24.6 Å². The maximum atomic E-state index is 13.2. The summed E-state index contributed by atoms with van der Waals surface area (Å²) in [5.74, 6) is -3.26. The molecule has 0 aromatic heterocycles. The summed E-state index contributed by atoms with van der Waals surface area (Å²) in [4.78, 5) is 51.3. The van der Waals surface area contributed by atoms with Gasteiger partial charge in [-0.15, -0.1) is 0 Å². The fraction of sp³-hybridized carbons (Fsp3) is 0.662. The zero-order valence-electron chi connectivity index (χ0n) is 51.9. The van der Waals surface area contributed by atoms with Gasteiger partial charge < -0.3 is 39.0 Å². The number of carbonyl (C=O) groups is 4. The summed E-state index contributed by atoms with van der Waals surface area (Å²) < 4.78 is 28.4. The molecule has 12 nitrogen and oxygen atoms in total. The van der Waals surface area contributed by atoms with Gasteiger partial charge in [-0.1, -0.05) is 232 Å².